The molecule has 1 aliphatic rings. The summed E-state index contributed by atoms with van der Waals surface area (Å²) in [6.07, 6.45) is 1.19. The fraction of sp³-hybridized carbons (Fsp3) is 0.346. The minimum Gasteiger partial charge on any atom is -0.497 e. The smallest absolute Gasteiger partial charge is 0.255 e. The summed E-state index contributed by atoms with van der Waals surface area (Å²) in [5, 5.41) is 3.78. The molecule has 0 spiro atoms. The highest BCUT2D eigenvalue weighted by Gasteiger charge is 2.28. The van der Waals surface area contributed by atoms with E-state index in [1.54, 1.807) is 25.0 Å². The topological polar surface area (TPSA) is 71.5 Å². The first kappa shape index (κ1) is 22.7. The Labute approximate surface area is 192 Å². The van der Waals surface area contributed by atoms with Gasteiger partial charge in [0.15, 0.2) is 0 Å². The van der Waals surface area contributed by atoms with Crippen LogP contribution in [-0.4, -0.2) is 41.9 Å². The van der Waals surface area contributed by atoms with Crippen molar-refractivity contribution in [2.24, 2.45) is 5.92 Å². The number of carbonyl (C=O) groups excluding carboxylic acids is 2. The van der Waals surface area contributed by atoms with Gasteiger partial charge in [0, 0.05) is 37.0 Å². The molecule has 1 fully saturated rings. The van der Waals surface area contributed by atoms with Gasteiger partial charge in [0.05, 0.1) is 23.9 Å². The van der Waals surface area contributed by atoms with Gasteiger partial charge in [-0.05, 0) is 62.1 Å². The highest BCUT2D eigenvalue weighted by Crippen LogP contribution is 2.25. The molecular formula is C26H28FN3O3. The van der Waals surface area contributed by atoms with Crippen molar-refractivity contribution in [1.82, 2.24) is 15.2 Å². The third-order valence-corrected chi connectivity index (χ3v) is 6.30. The Morgan fingerprint density at radius 1 is 1.12 bits per heavy atom. The Kier molecular flexibility index (Phi) is 6.58. The van der Waals surface area contributed by atoms with Gasteiger partial charge in [-0.25, -0.2) is 4.39 Å². The molecule has 0 bridgehead atoms. The molecule has 172 valence electrons. The summed E-state index contributed by atoms with van der Waals surface area (Å²) in [4.78, 5) is 32.1. The Morgan fingerprint density at radius 3 is 2.58 bits per heavy atom. The quantitative estimate of drug-likeness (QED) is 0.635. The van der Waals surface area contributed by atoms with E-state index >= 15 is 0 Å². The van der Waals surface area contributed by atoms with Gasteiger partial charge in [-0.2, -0.15) is 0 Å². The predicted octanol–water partition coefficient (Wildman–Crippen LogP) is 4.17. The van der Waals surface area contributed by atoms with Gasteiger partial charge in [-0.15, -0.1) is 0 Å². The van der Waals surface area contributed by atoms with Crippen LogP contribution in [0.15, 0.2) is 42.5 Å². The molecule has 1 aromatic heterocycles. The van der Waals surface area contributed by atoms with Gasteiger partial charge in [0.1, 0.15) is 11.6 Å². The molecule has 3 aromatic rings. The average molecular weight is 450 g/mol. The molecule has 0 aliphatic carbocycles. The molecule has 7 heteroatoms. The number of halogens is 1. The second-order valence-corrected chi connectivity index (χ2v) is 8.55. The van der Waals surface area contributed by atoms with Crippen molar-refractivity contribution in [1.29, 1.82) is 0 Å². The van der Waals surface area contributed by atoms with Gasteiger partial charge in [0.25, 0.3) is 5.91 Å². The lowest BCUT2D eigenvalue weighted by Crippen LogP contribution is -2.43. The lowest BCUT2D eigenvalue weighted by Gasteiger charge is -2.31. The van der Waals surface area contributed by atoms with E-state index in [0.29, 0.717) is 49.3 Å². The number of carbonyl (C=O) groups is 2. The van der Waals surface area contributed by atoms with Gasteiger partial charge in [0.2, 0.25) is 5.91 Å². The van der Waals surface area contributed by atoms with Crippen LogP contribution in [0.3, 0.4) is 0 Å². The van der Waals surface area contributed by atoms with Crippen molar-refractivity contribution in [2.75, 3.05) is 20.2 Å². The standard InChI is InChI=1S/C26H28FN3O3/c1-16-4-5-18(12-23(16)27)15-28-25(31)19-8-10-30(11-9-19)26(32)22-13-20-6-7-21(33-3)14-24(20)29-17(22)2/h4-7,12-14,19H,8-11,15H2,1-3H3,(H,28,31). The van der Waals surface area contributed by atoms with Crippen LogP contribution in [0.1, 0.15) is 40.0 Å². The maximum absolute atomic E-state index is 13.7. The monoisotopic (exact) mass is 449 g/mol. The summed E-state index contributed by atoms with van der Waals surface area (Å²) < 4.78 is 19.0. The third kappa shape index (κ3) is 4.97. The fourth-order valence-electron chi connectivity index (χ4n) is 4.18. The molecule has 0 unspecified atom stereocenters. The summed E-state index contributed by atoms with van der Waals surface area (Å²) >= 11 is 0. The number of benzene rings is 2. The number of hydrogen-bond acceptors (Lipinski definition) is 4. The van der Waals surface area contributed by atoms with Crippen molar-refractivity contribution in [3.05, 3.63) is 70.7 Å². The first-order valence-electron chi connectivity index (χ1n) is 11.1. The summed E-state index contributed by atoms with van der Waals surface area (Å²) in [6.45, 7) is 4.86. The van der Waals surface area contributed by atoms with Crippen LogP contribution < -0.4 is 10.1 Å². The molecule has 1 N–H and O–H groups in total. The number of methoxy groups -OCH3 is 1. The van der Waals surface area contributed by atoms with Crippen LogP contribution in [0.5, 0.6) is 5.75 Å². The zero-order valence-electron chi connectivity index (χ0n) is 19.2. The molecule has 33 heavy (non-hydrogen) atoms. The first-order chi connectivity index (χ1) is 15.9. The zero-order chi connectivity index (χ0) is 23.5. The Hall–Kier alpha value is -3.48. The highest BCUT2D eigenvalue weighted by atomic mass is 19.1. The highest BCUT2D eigenvalue weighted by molar-refractivity contribution is 5.99. The van der Waals surface area contributed by atoms with Crippen LogP contribution in [0.2, 0.25) is 0 Å². The number of hydrogen-bond donors (Lipinski definition) is 1. The summed E-state index contributed by atoms with van der Waals surface area (Å²) in [5.41, 5.74) is 3.35. The average Bonchev–Trinajstić information content (AvgIpc) is 2.83. The number of fused-ring (bicyclic) bond motifs is 1. The predicted molar refractivity (Wildman–Crippen MR) is 125 cm³/mol. The third-order valence-electron chi connectivity index (χ3n) is 6.30. The number of pyridine rings is 1. The number of piperidine rings is 1. The molecular weight excluding hydrogens is 421 g/mol. The van der Waals surface area contributed by atoms with E-state index in [2.05, 4.69) is 10.3 Å². The van der Waals surface area contributed by atoms with Crippen molar-refractivity contribution < 1.29 is 18.7 Å². The molecule has 2 amide bonds. The van der Waals surface area contributed by atoms with Gasteiger partial charge in [-0.1, -0.05) is 12.1 Å². The number of aryl methyl sites for hydroxylation is 2. The first-order valence-corrected chi connectivity index (χ1v) is 11.1. The molecule has 0 radical (unpaired) electrons. The molecule has 1 aliphatic heterocycles. The lowest BCUT2D eigenvalue weighted by molar-refractivity contribution is -0.126. The van der Waals surface area contributed by atoms with Gasteiger partial charge < -0.3 is 15.0 Å². The van der Waals surface area contributed by atoms with E-state index in [1.165, 1.54) is 6.07 Å². The van der Waals surface area contributed by atoms with E-state index in [0.717, 1.165) is 22.2 Å². The van der Waals surface area contributed by atoms with Gasteiger partial charge >= 0.3 is 0 Å². The normalized spacial score (nSPS) is 14.4. The maximum atomic E-state index is 13.7. The van der Waals surface area contributed by atoms with E-state index in [9.17, 15) is 14.0 Å². The van der Waals surface area contributed by atoms with E-state index in [1.807, 2.05) is 37.3 Å². The summed E-state index contributed by atoms with van der Waals surface area (Å²) in [5.74, 6) is 0.174. The molecule has 0 atom stereocenters. The zero-order valence-corrected chi connectivity index (χ0v) is 19.2. The molecule has 4 rings (SSSR count). The SMILES string of the molecule is COc1ccc2cc(C(=O)N3CCC(C(=O)NCc4ccc(C)c(F)c4)CC3)c(C)nc2c1. The lowest BCUT2D eigenvalue weighted by atomic mass is 9.95. The van der Waals surface area contributed by atoms with Crippen LogP contribution in [0, 0.1) is 25.6 Å². The summed E-state index contributed by atoms with van der Waals surface area (Å²) in [7, 11) is 1.61. The number of likely N-dealkylation sites (tertiary alicyclic amines) is 1. The van der Waals surface area contributed by atoms with Crippen molar-refractivity contribution in [3.8, 4) is 5.75 Å². The number of amides is 2. The molecule has 1 saturated heterocycles. The molecule has 2 aromatic carbocycles. The molecule has 2 heterocycles. The Balaban J connectivity index is 1.36. The second-order valence-electron chi connectivity index (χ2n) is 8.55. The largest absolute Gasteiger partial charge is 0.497 e. The van der Waals surface area contributed by atoms with E-state index in [4.69, 9.17) is 4.74 Å². The fourth-order valence-corrected chi connectivity index (χ4v) is 4.18. The van der Waals surface area contributed by atoms with Crippen molar-refractivity contribution in [3.63, 3.8) is 0 Å². The van der Waals surface area contributed by atoms with Crippen LogP contribution in [0.4, 0.5) is 4.39 Å². The minimum atomic E-state index is -0.272. The Morgan fingerprint density at radius 2 is 1.88 bits per heavy atom. The number of rotatable bonds is 5. The number of ether oxygens (including phenoxy) is 1. The summed E-state index contributed by atoms with van der Waals surface area (Å²) in [6, 6.07) is 12.4. The Bertz CT molecular complexity index is 1200. The molecule has 6 nitrogen and oxygen atoms in total. The molecule has 0 saturated carbocycles. The van der Waals surface area contributed by atoms with Gasteiger partial charge in [-0.3, -0.25) is 14.6 Å². The van der Waals surface area contributed by atoms with Crippen LogP contribution in [-0.2, 0) is 11.3 Å². The second kappa shape index (κ2) is 9.57. The maximum Gasteiger partial charge on any atom is 0.255 e. The minimum absolute atomic E-state index is 0.0550. The van der Waals surface area contributed by atoms with Crippen molar-refractivity contribution in [2.45, 2.75) is 33.2 Å². The van der Waals surface area contributed by atoms with Crippen LogP contribution in [0.25, 0.3) is 10.9 Å². The number of nitrogens with zero attached hydrogens (tertiary/aromatic N) is 2. The van der Waals surface area contributed by atoms with E-state index < -0.39 is 0 Å². The van der Waals surface area contributed by atoms with Crippen molar-refractivity contribution >= 4 is 22.7 Å². The number of nitrogens with one attached hydrogen (secondary N) is 1. The van der Waals surface area contributed by atoms with E-state index in [-0.39, 0.29) is 23.5 Å². The number of aromatic nitrogens is 1. The van der Waals surface area contributed by atoms with Crippen LogP contribution >= 0.6 is 0 Å².